The zero-order valence-corrected chi connectivity index (χ0v) is 8.31. The fraction of sp³-hybridized carbons (Fsp3) is 0.455. The molecule has 0 aliphatic heterocycles. The van der Waals surface area contributed by atoms with Crippen LogP contribution in [0.3, 0.4) is 0 Å². The molecule has 0 saturated heterocycles. The van der Waals surface area contributed by atoms with E-state index in [1.54, 1.807) is 0 Å². The molecule has 0 aliphatic rings. The van der Waals surface area contributed by atoms with Crippen LogP contribution in [0, 0.1) is 13.8 Å². The van der Waals surface area contributed by atoms with Gasteiger partial charge in [0.1, 0.15) is 0 Å². The molecule has 0 heterocycles. The molecule has 0 saturated carbocycles. The standard InChI is InChI=1S/C11H17N/c1-7(2)11-6-10(12)5-8(3)9(11)4/h5-7H,12H2,1-4H3. The Balaban J connectivity index is 3.28. The van der Waals surface area contributed by atoms with E-state index in [1.807, 2.05) is 6.07 Å². The van der Waals surface area contributed by atoms with Crippen LogP contribution in [-0.2, 0) is 0 Å². The van der Waals surface area contributed by atoms with Gasteiger partial charge in [0, 0.05) is 5.69 Å². The molecule has 0 amide bonds. The van der Waals surface area contributed by atoms with Crippen molar-refractivity contribution >= 4 is 5.69 Å². The Hall–Kier alpha value is -0.980. The quantitative estimate of drug-likeness (QED) is 0.633. The van der Waals surface area contributed by atoms with Crippen LogP contribution in [0.5, 0.6) is 0 Å². The van der Waals surface area contributed by atoms with E-state index in [1.165, 1.54) is 16.7 Å². The lowest BCUT2D eigenvalue weighted by Gasteiger charge is -2.12. The SMILES string of the molecule is Cc1cc(N)cc(C(C)C)c1C. The van der Waals surface area contributed by atoms with Gasteiger partial charge in [-0.15, -0.1) is 0 Å². The van der Waals surface area contributed by atoms with Crippen LogP contribution in [0.2, 0.25) is 0 Å². The van der Waals surface area contributed by atoms with E-state index in [-0.39, 0.29) is 0 Å². The largest absolute Gasteiger partial charge is 0.399 e. The number of nitrogens with two attached hydrogens (primary N) is 1. The van der Waals surface area contributed by atoms with Gasteiger partial charge in [-0.3, -0.25) is 0 Å². The van der Waals surface area contributed by atoms with Crippen LogP contribution in [0.15, 0.2) is 12.1 Å². The molecule has 1 aromatic carbocycles. The van der Waals surface area contributed by atoms with Gasteiger partial charge in [-0.05, 0) is 48.6 Å². The van der Waals surface area contributed by atoms with Gasteiger partial charge in [-0.25, -0.2) is 0 Å². The first-order valence-corrected chi connectivity index (χ1v) is 4.39. The van der Waals surface area contributed by atoms with Gasteiger partial charge in [0.2, 0.25) is 0 Å². The molecule has 0 aromatic heterocycles. The Labute approximate surface area is 74.6 Å². The monoisotopic (exact) mass is 163 g/mol. The molecule has 2 N–H and O–H groups in total. The van der Waals surface area contributed by atoms with Gasteiger partial charge < -0.3 is 5.73 Å². The zero-order valence-electron chi connectivity index (χ0n) is 8.31. The van der Waals surface area contributed by atoms with Crippen molar-refractivity contribution < 1.29 is 0 Å². The van der Waals surface area contributed by atoms with Crippen LogP contribution >= 0.6 is 0 Å². The molecule has 12 heavy (non-hydrogen) atoms. The molecule has 1 aromatic rings. The van der Waals surface area contributed by atoms with Crippen molar-refractivity contribution in [3.63, 3.8) is 0 Å². The average Bonchev–Trinajstić information content (AvgIpc) is 1.96. The van der Waals surface area contributed by atoms with Crippen LogP contribution < -0.4 is 5.73 Å². The molecule has 0 bridgehead atoms. The smallest absolute Gasteiger partial charge is 0.0319 e. The first kappa shape index (κ1) is 9.11. The molecule has 1 nitrogen and oxygen atoms in total. The van der Waals surface area contributed by atoms with Crippen LogP contribution in [0.25, 0.3) is 0 Å². The van der Waals surface area contributed by atoms with Gasteiger partial charge in [0.15, 0.2) is 0 Å². The highest BCUT2D eigenvalue weighted by atomic mass is 14.5. The summed E-state index contributed by atoms with van der Waals surface area (Å²) in [5.74, 6) is 0.562. The van der Waals surface area contributed by atoms with Gasteiger partial charge in [0.05, 0.1) is 0 Å². The summed E-state index contributed by atoms with van der Waals surface area (Å²) in [6.07, 6.45) is 0. The Morgan fingerprint density at radius 1 is 1.17 bits per heavy atom. The number of hydrogen-bond acceptors (Lipinski definition) is 1. The van der Waals surface area contributed by atoms with Gasteiger partial charge >= 0.3 is 0 Å². The van der Waals surface area contributed by atoms with Gasteiger partial charge in [-0.2, -0.15) is 0 Å². The zero-order chi connectivity index (χ0) is 9.30. The Morgan fingerprint density at radius 3 is 2.25 bits per heavy atom. The summed E-state index contributed by atoms with van der Waals surface area (Å²) in [6.45, 7) is 8.66. The summed E-state index contributed by atoms with van der Waals surface area (Å²) in [7, 11) is 0. The number of benzene rings is 1. The van der Waals surface area contributed by atoms with E-state index in [0.29, 0.717) is 5.92 Å². The van der Waals surface area contributed by atoms with Crippen LogP contribution in [-0.4, -0.2) is 0 Å². The van der Waals surface area contributed by atoms with Crippen molar-refractivity contribution in [1.29, 1.82) is 0 Å². The maximum atomic E-state index is 5.77. The number of hydrogen-bond donors (Lipinski definition) is 1. The van der Waals surface area contributed by atoms with Crippen molar-refractivity contribution in [3.8, 4) is 0 Å². The third kappa shape index (κ3) is 1.60. The first-order valence-electron chi connectivity index (χ1n) is 4.39. The van der Waals surface area contributed by atoms with Crippen molar-refractivity contribution in [1.82, 2.24) is 0 Å². The lowest BCUT2D eigenvalue weighted by atomic mass is 9.94. The van der Waals surface area contributed by atoms with E-state index in [4.69, 9.17) is 5.73 Å². The van der Waals surface area contributed by atoms with E-state index < -0.39 is 0 Å². The summed E-state index contributed by atoms with van der Waals surface area (Å²) in [5, 5.41) is 0. The van der Waals surface area contributed by atoms with Crippen molar-refractivity contribution in [2.45, 2.75) is 33.6 Å². The van der Waals surface area contributed by atoms with Gasteiger partial charge in [0.25, 0.3) is 0 Å². The van der Waals surface area contributed by atoms with Gasteiger partial charge in [-0.1, -0.05) is 13.8 Å². The molecule has 0 atom stereocenters. The third-order valence-electron chi connectivity index (χ3n) is 2.35. The maximum absolute atomic E-state index is 5.77. The normalized spacial score (nSPS) is 10.8. The summed E-state index contributed by atoms with van der Waals surface area (Å²) >= 11 is 0. The highest BCUT2D eigenvalue weighted by Gasteiger charge is 2.05. The molecule has 66 valence electrons. The first-order chi connectivity index (χ1) is 5.52. The molecular weight excluding hydrogens is 146 g/mol. The lowest BCUT2D eigenvalue weighted by Crippen LogP contribution is -1.97. The maximum Gasteiger partial charge on any atom is 0.0319 e. The molecule has 0 aliphatic carbocycles. The highest BCUT2D eigenvalue weighted by Crippen LogP contribution is 2.24. The second kappa shape index (κ2) is 3.18. The summed E-state index contributed by atoms with van der Waals surface area (Å²) in [5.41, 5.74) is 10.7. The number of aryl methyl sites for hydroxylation is 1. The molecule has 0 radical (unpaired) electrons. The second-order valence-corrected chi connectivity index (χ2v) is 3.71. The van der Waals surface area contributed by atoms with Crippen molar-refractivity contribution in [2.24, 2.45) is 0 Å². The fourth-order valence-corrected chi connectivity index (χ4v) is 1.52. The Bertz CT molecular complexity index is 287. The van der Waals surface area contributed by atoms with Crippen LogP contribution in [0.4, 0.5) is 5.69 Å². The molecule has 0 fully saturated rings. The Morgan fingerprint density at radius 2 is 1.75 bits per heavy atom. The second-order valence-electron chi connectivity index (χ2n) is 3.71. The van der Waals surface area contributed by atoms with Crippen molar-refractivity contribution in [2.75, 3.05) is 5.73 Å². The minimum atomic E-state index is 0.562. The predicted octanol–water partition coefficient (Wildman–Crippen LogP) is 3.01. The van der Waals surface area contributed by atoms with E-state index in [2.05, 4.69) is 33.8 Å². The average molecular weight is 163 g/mol. The van der Waals surface area contributed by atoms with E-state index in [9.17, 15) is 0 Å². The highest BCUT2D eigenvalue weighted by molar-refractivity contribution is 5.49. The van der Waals surface area contributed by atoms with E-state index in [0.717, 1.165) is 5.69 Å². The molecular formula is C11H17N. The molecule has 1 rings (SSSR count). The number of anilines is 1. The predicted molar refractivity (Wildman–Crippen MR) is 54.4 cm³/mol. The van der Waals surface area contributed by atoms with Crippen LogP contribution in [0.1, 0.15) is 36.5 Å². The third-order valence-corrected chi connectivity index (χ3v) is 2.35. The summed E-state index contributed by atoms with van der Waals surface area (Å²) in [4.78, 5) is 0. The summed E-state index contributed by atoms with van der Waals surface area (Å²) < 4.78 is 0. The molecule has 0 unspecified atom stereocenters. The summed E-state index contributed by atoms with van der Waals surface area (Å²) in [6, 6.07) is 4.11. The van der Waals surface area contributed by atoms with E-state index >= 15 is 0 Å². The minimum Gasteiger partial charge on any atom is -0.399 e. The molecule has 1 heteroatoms. The molecule has 0 spiro atoms. The topological polar surface area (TPSA) is 26.0 Å². The lowest BCUT2D eigenvalue weighted by molar-refractivity contribution is 0.854. The Kier molecular flexibility index (Phi) is 2.41. The van der Waals surface area contributed by atoms with Crippen molar-refractivity contribution in [3.05, 3.63) is 28.8 Å². The fourth-order valence-electron chi connectivity index (χ4n) is 1.52. The minimum absolute atomic E-state index is 0.562. The number of nitrogen functional groups attached to an aromatic ring is 1. The number of rotatable bonds is 1.